The molecule has 0 aliphatic carbocycles. The van der Waals surface area contributed by atoms with E-state index < -0.39 is 0 Å². The van der Waals surface area contributed by atoms with E-state index in [0.29, 0.717) is 0 Å². The molecule has 0 atom stereocenters. The number of fused-ring (bicyclic) bond motifs is 2. The molecular weight excluding hydrogens is 374 g/mol. The van der Waals surface area contributed by atoms with Gasteiger partial charge < -0.3 is 9.64 Å². The maximum Gasteiger partial charge on any atom is 0.255 e. The van der Waals surface area contributed by atoms with Crippen LogP contribution in [-0.4, -0.2) is 54.8 Å². The molecule has 1 fully saturated rings. The molecule has 152 valence electrons. The van der Waals surface area contributed by atoms with Gasteiger partial charge in [0.25, 0.3) is 5.91 Å². The SMILES string of the molecule is O=C(/C=C1\C=CN(CCN2CCOCC2)c2ccccc21)n1ccc2ccccc21. The van der Waals surface area contributed by atoms with E-state index in [4.69, 9.17) is 4.74 Å². The van der Waals surface area contributed by atoms with Crippen molar-refractivity contribution in [2.75, 3.05) is 44.3 Å². The van der Waals surface area contributed by atoms with Gasteiger partial charge in [0.05, 0.1) is 18.7 Å². The first-order valence-corrected chi connectivity index (χ1v) is 10.5. The maximum absolute atomic E-state index is 13.0. The molecule has 2 aliphatic heterocycles. The summed E-state index contributed by atoms with van der Waals surface area (Å²) in [6.45, 7) is 5.52. The number of hydrogen-bond acceptors (Lipinski definition) is 4. The van der Waals surface area contributed by atoms with Crippen LogP contribution in [0.1, 0.15) is 10.4 Å². The lowest BCUT2D eigenvalue weighted by molar-refractivity contribution is 0.0393. The van der Waals surface area contributed by atoms with Crippen LogP contribution in [0.4, 0.5) is 5.69 Å². The summed E-state index contributed by atoms with van der Waals surface area (Å²) in [6, 6.07) is 18.2. The molecule has 1 saturated heterocycles. The maximum atomic E-state index is 13.0. The van der Waals surface area contributed by atoms with Crippen LogP contribution in [0.3, 0.4) is 0 Å². The Bertz CT molecular complexity index is 1120. The number of benzene rings is 2. The van der Waals surface area contributed by atoms with Crippen molar-refractivity contribution < 1.29 is 9.53 Å². The largest absolute Gasteiger partial charge is 0.379 e. The standard InChI is InChI=1S/C25H25N3O2/c29-25(28-12-10-20-5-1-3-7-23(20)28)19-21-9-11-27(24-8-4-2-6-22(21)24)14-13-26-15-17-30-18-16-26/h1-12,19H,13-18H2/b21-19+. The molecule has 0 saturated carbocycles. The molecule has 2 aliphatic rings. The van der Waals surface area contributed by atoms with Crippen LogP contribution in [0, 0.1) is 0 Å². The Morgan fingerprint density at radius 1 is 0.967 bits per heavy atom. The quantitative estimate of drug-likeness (QED) is 0.621. The van der Waals surface area contributed by atoms with Crippen LogP contribution in [0.25, 0.3) is 16.5 Å². The van der Waals surface area contributed by atoms with E-state index in [1.165, 1.54) is 0 Å². The van der Waals surface area contributed by atoms with E-state index in [1.54, 1.807) is 10.6 Å². The second-order valence-corrected chi connectivity index (χ2v) is 7.66. The minimum Gasteiger partial charge on any atom is -0.379 e. The van der Waals surface area contributed by atoms with Crippen LogP contribution in [-0.2, 0) is 4.74 Å². The Kier molecular flexibility index (Phi) is 5.22. The molecule has 30 heavy (non-hydrogen) atoms. The Balaban J connectivity index is 1.39. The first kappa shape index (κ1) is 18.9. The van der Waals surface area contributed by atoms with Gasteiger partial charge in [-0.2, -0.15) is 0 Å². The zero-order chi connectivity index (χ0) is 20.3. The highest BCUT2D eigenvalue weighted by molar-refractivity contribution is 6.05. The Morgan fingerprint density at radius 2 is 1.77 bits per heavy atom. The number of nitrogens with zero attached hydrogens (tertiary/aromatic N) is 3. The topological polar surface area (TPSA) is 37.7 Å². The van der Waals surface area contributed by atoms with E-state index >= 15 is 0 Å². The van der Waals surface area contributed by atoms with Gasteiger partial charge in [-0.05, 0) is 29.8 Å². The molecule has 0 bridgehead atoms. The summed E-state index contributed by atoms with van der Waals surface area (Å²) in [4.78, 5) is 17.7. The number of ether oxygens (including phenoxy) is 1. The van der Waals surface area contributed by atoms with Crippen LogP contribution in [0.5, 0.6) is 0 Å². The van der Waals surface area contributed by atoms with Crippen LogP contribution in [0.2, 0.25) is 0 Å². The molecule has 0 N–H and O–H groups in total. The fraction of sp³-hybridized carbons (Fsp3) is 0.240. The Hall–Kier alpha value is -3.15. The van der Waals surface area contributed by atoms with Crippen LogP contribution >= 0.6 is 0 Å². The molecule has 3 aromatic rings. The molecule has 0 spiro atoms. The minimum absolute atomic E-state index is 0.0348. The molecule has 0 radical (unpaired) electrons. The van der Waals surface area contributed by atoms with Gasteiger partial charge >= 0.3 is 0 Å². The van der Waals surface area contributed by atoms with E-state index in [0.717, 1.165) is 67.1 Å². The number of para-hydroxylation sites is 2. The summed E-state index contributed by atoms with van der Waals surface area (Å²) in [6.07, 6.45) is 7.72. The number of aromatic nitrogens is 1. The van der Waals surface area contributed by atoms with E-state index in [9.17, 15) is 4.79 Å². The lowest BCUT2D eigenvalue weighted by atomic mass is 9.99. The summed E-state index contributed by atoms with van der Waals surface area (Å²) < 4.78 is 7.16. The molecular formula is C25H25N3O2. The molecule has 5 rings (SSSR count). The third-order valence-electron chi connectivity index (χ3n) is 5.84. The second-order valence-electron chi connectivity index (χ2n) is 7.66. The number of allylic oxidation sites excluding steroid dienone is 3. The number of anilines is 1. The first-order valence-electron chi connectivity index (χ1n) is 10.5. The predicted molar refractivity (Wildman–Crippen MR) is 121 cm³/mol. The lowest BCUT2D eigenvalue weighted by Crippen LogP contribution is -2.40. The van der Waals surface area contributed by atoms with Gasteiger partial charge in [0.15, 0.2) is 0 Å². The highest BCUT2D eigenvalue weighted by atomic mass is 16.5. The van der Waals surface area contributed by atoms with Crippen LogP contribution in [0.15, 0.2) is 79.1 Å². The van der Waals surface area contributed by atoms with Gasteiger partial charge in [0.2, 0.25) is 0 Å². The number of carbonyl (C=O) groups is 1. The highest BCUT2D eigenvalue weighted by Crippen LogP contribution is 2.32. The van der Waals surface area contributed by atoms with Crippen molar-refractivity contribution in [3.8, 4) is 0 Å². The van der Waals surface area contributed by atoms with Crippen molar-refractivity contribution in [1.29, 1.82) is 0 Å². The summed E-state index contributed by atoms with van der Waals surface area (Å²) in [7, 11) is 0. The van der Waals surface area contributed by atoms with Crippen molar-refractivity contribution in [2.45, 2.75) is 0 Å². The third-order valence-corrected chi connectivity index (χ3v) is 5.84. The molecule has 5 nitrogen and oxygen atoms in total. The number of carbonyl (C=O) groups excluding carboxylic acids is 1. The average Bonchev–Trinajstić information content (AvgIpc) is 3.24. The normalized spacial score (nSPS) is 18.1. The number of morpholine rings is 1. The zero-order valence-corrected chi connectivity index (χ0v) is 16.9. The lowest BCUT2D eigenvalue weighted by Gasteiger charge is -2.32. The number of rotatable bonds is 4. The van der Waals surface area contributed by atoms with Gasteiger partial charge in [-0.25, -0.2) is 0 Å². The van der Waals surface area contributed by atoms with Gasteiger partial charge in [0, 0.05) is 61.3 Å². The van der Waals surface area contributed by atoms with E-state index in [-0.39, 0.29) is 5.91 Å². The highest BCUT2D eigenvalue weighted by Gasteiger charge is 2.19. The van der Waals surface area contributed by atoms with Crippen molar-refractivity contribution in [3.63, 3.8) is 0 Å². The predicted octanol–water partition coefficient (Wildman–Crippen LogP) is 4.03. The third kappa shape index (κ3) is 3.70. The number of hydrogen-bond donors (Lipinski definition) is 0. The molecule has 1 aromatic heterocycles. The van der Waals surface area contributed by atoms with Crippen molar-refractivity contribution in [3.05, 3.63) is 84.7 Å². The summed E-state index contributed by atoms with van der Waals surface area (Å²) >= 11 is 0. The van der Waals surface area contributed by atoms with Gasteiger partial charge in [-0.15, -0.1) is 0 Å². The first-order chi connectivity index (χ1) is 14.8. The van der Waals surface area contributed by atoms with E-state index in [1.807, 2.05) is 48.7 Å². The van der Waals surface area contributed by atoms with E-state index in [2.05, 4.69) is 34.2 Å². The summed E-state index contributed by atoms with van der Waals surface area (Å²) in [5.41, 5.74) is 4.10. The van der Waals surface area contributed by atoms with Gasteiger partial charge in [-0.1, -0.05) is 36.4 Å². The fourth-order valence-corrected chi connectivity index (χ4v) is 4.18. The molecule has 3 heterocycles. The molecule has 5 heteroatoms. The molecule has 2 aromatic carbocycles. The van der Waals surface area contributed by atoms with Gasteiger partial charge in [0.1, 0.15) is 0 Å². The fourth-order valence-electron chi connectivity index (χ4n) is 4.18. The van der Waals surface area contributed by atoms with Gasteiger partial charge in [-0.3, -0.25) is 14.3 Å². The zero-order valence-electron chi connectivity index (χ0n) is 16.9. The van der Waals surface area contributed by atoms with Crippen molar-refractivity contribution in [1.82, 2.24) is 9.47 Å². The smallest absolute Gasteiger partial charge is 0.255 e. The monoisotopic (exact) mass is 399 g/mol. The van der Waals surface area contributed by atoms with Crippen molar-refractivity contribution in [2.24, 2.45) is 0 Å². The Morgan fingerprint density at radius 3 is 2.67 bits per heavy atom. The minimum atomic E-state index is -0.0348. The second kappa shape index (κ2) is 8.30. The Labute approximate surface area is 176 Å². The summed E-state index contributed by atoms with van der Waals surface area (Å²) in [5.74, 6) is -0.0348. The molecule has 0 amide bonds. The molecule has 0 unspecified atom stereocenters. The summed E-state index contributed by atoms with van der Waals surface area (Å²) in [5, 5.41) is 1.07. The van der Waals surface area contributed by atoms with Crippen LogP contribution < -0.4 is 4.90 Å². The average molecular weight is 399 g/mol. The van der Waals surface area contributed by atoms with Crippen molar-refractivity contribution >= 4 is 28.1 Å².